The van der Waals surface area contributed by atoms with Crippen LogP contribution in [0.4, 0.5) is 0 Å². The minimum absolute atomic E-state index is 0.795. The van der Waals surface area contributed by atoms with Crippen LogP contribution in [0.1, 0.15) is 13.3 Å². The van der Waals surface area contributed by atoms with E-state index in [1.807, 2.05) is 0 Å². The lowest BCUT2D eigenvalue weighted by Crippen LogP contribution is -2.22. The van der Waals surface area contributed by atoms with E-state index in [1.54, 1.807) is 7.11 Å². The third-order valence-electron chi connectivity index (χ3n) is 1.79. The number of methoxy groups -OCH3 is 1. The molecule has 0 heterocycles. The second-order valence-electron chi connectivity index (χ2n) is 2.85. The molecule has 0 fully saturated rings. The standard InChI is InChI=1S/C9H21NO2/c1-4-10(2)6-9-12-8-5-7-11-3/h4-9H2,1-3H3. The first-order chi connectivity index (χ1) is 5.81. The normalized spacial score (nSPS) is 11.0. The van der Waals surface area contributed by atoms with E-state index in [1.165, 1.54) is 0 Å². The summed E-state index contributed by atoms with van der Waals surface area (Å²) in [5.41, 5.74) is 0. The molecule has 0 aromatic rings. The van der Waals surface area contributed by atoms with E-state index in [-0.39, 0.29) is 0 Å². The summed E-state index contributed by atoms with van der Waals surface area (Å²) in [5.74, 6) is 0. The summed E-state index contributed by atoms with van der Waals surface area (Å²) in [4.78, 5) is 2.23. The van der Waals surface area contributed by atoms with Crippen LogP contribution in [0.5, 0.6) is 0 Å². The van der Waals surface area contributed by atoms with Crippen molar-refractivity contribution < 1.29 is 9.47 Å². The topological polar surface area (TPSA) is 21.7 Å². The molecule has 12 heavy (non-hydrogen) atoms. The second-order valence-corrected chi connectivity index (χ2v) is 2.85. The molecule has 0 spiro atoms. The van der Waals surface area contributed by atoms with Crippen LogP contribution in [0.25, 0.3) is 0 Å². The molecule has 0 radical (unpaired) electrons. The maximum atomic E-state index is 5.39. The van der Waals surface area contributed by atoms with Gasteiger partial charge in [0.1, 0.15) is 0 Å². The van der Waals surface area contributed by atoms with Crippen molar-refractivity contribution in [1.82, 2.24) is 4.90 Å². The van der Waals surface area contributed by atoms with Crippen molar-refractivity contribution >= 4 is 0 Å². The first-order valence-electron chi connectivity index (χ1n) is 4.56. The van der Waals surface area contributed by atoms with Gasteiger partial charge in [-0.05, 0) is 20.0 Å². The van der Waals surface area contributed by atoms with Gasteiger partial charge in [0, 0.05) is 26.9 Å². The number of ether oxygens (including phenoxy) is 2. The van der Waals surface area contributed by atoms with Gasteiger partial charge in [0.25, 0.3) is 0 Å². The summed E-state index contributed by atoms with van der Waals surface area (Å²) in [6.45, 7) is 6.68. The van der Waals surface area contributed by atoms with Gasteiger partial charge in [-0.2, -0.15) is 0 Å². The fourth-order valence-corrected chi connectivity index (χ4v) is 0.786. The largest absolute Gasteiger partial charge is 0.385 e. The molecular weight excluding hydrogens is 154 g/mol. The molecule has 0 bridgehead atoms. The van der Waals surface area contributed by atoms with Crippen LogP contribution in [0.2, 0.25) is 0 Å². The number of nitrogens with zero attached hydrogens (tertiary/aromatic N) is 1. The minimum Gasteiger partial charge on any atom is -0.385 e. The van der Waals surface area contributed by atoms with Crippen molar-refractivity contribution in [1.29, 1.82) is 0 Å². The molecular formula is C9H21NO2. The molecule has 0 amide bonds. The van der Waals surface area contributed by atoms with Crippen molar-refractivity contribution in [3.8, 4) is 0 Å². The fourth-order valence-electron chi connectivity index (χ4n) is 0.786. The minimum atomic E-state index is 0.795. The first-order valence-corrected chi connectivity index (χ1v) is 4.56. The molecule has 3 heteroatoms. The summed E-state index contributed by atoms with van der Waals surface area (Å²) < 4.78 is 10.3. The zero-order valence-electron chi connectivity index (χ0n) is 8.51. The van der Waals surface area contributed by atoms with Crippen LogP contribution in [-0.4, -0.2) is 52.0 Å². The van der Waals surface area contributed by atoms with E-state index in [4.69, 9.17) is 9.47 Å². The Bertz CT molecular complexity index is 88.6. The third kappa shape index (κ3) is 7.98. The first kappa shape index (κ1) is 11.9. The van der Waals surface area contributed by atoms with E-state index in [0.29, 0.717) is 0 Å². The lowest BCUT2D eigenvalue weighted by atomic mass is 10.5. The molecule has 0 unspecified atom stereocenters. The Hall–Kier alpha value is -0.120. The Kier molecular flexibility index (Phi) is 8.88. The molecule has 0 aromatic carbocycles. The molecule has 0 rings (SSSR count). The molecule has 0 saturated carbocycles. The quantitative estimate of drug-likeness (QED) is 0.514. The zero-order chi connectivity index (χ0) is 9.23. The van der Waals surface area contributed by atoms with Gasteiger partial charge in [0.15, 0.2) is 0 Å². The van der Waals surface area contributed by atoms with Crippen LogP contribution in [0.3, 0.4) is 0 Å². The zero-order valence-corrected chi connectivity index (χ0v) is 8.51. The van der Waals surface area contributed by atoms with Gasteiger partial charge in [-0.15, -0.1) is 0 Å². The molecule has 0 N–H and O–H groups in total. The highest BCUT2D eigenvalue weighted by Gasteiger charge is 1.93. The van der Waals surface area contributed by atoms with Crippen LogP contribution in [0.15, 0.2) is 0 Å². The van der Waals surface area contributed by atoms with Gasteiger partial charge >= 0.3 is 0 Å². The molecule has 0 aliphatic carbocycles. The summed E-state index contributed by atoms with van der Waals surface area (Å²) in [6.07, 6.45) is 0.992. The van der Waals surface area contributed by atoms with Crippen LogP contribution in [0, 0.1) is 0 Å². The highest BCUT2D eigenvalue weighted by Crippen LogP contribution is 1.85. The molecule has 0 atom stereocenters. The van der Waals surface area contributed by atoms with E-state index in [2.05, 4.69) is 18.9 Å². The van der Waals surface area contributed by atoms with Gasteiger partial charge < -0.3 is 14.4 Å². The molecule has 74 valence electrons. The van der Waals surface area contributed by atoms with Gasteiger partial charge in [-0.3, -0.25) is 0 Å². The number of likely N-dealkylation sites (N-methyl/N-ethyl adjacent to an activating group) is 1. The maximum absolute atomic E-state index is 5.39. The Morgan fingerprint density at radius 2 is 1.92 bits per heavy atom. The Morgan fingerprint density at radius 1 is 1.17 bits per heavy atom. The summed E-state index contributed by atoms with van der Waals surface area (Å²) in [5, 5.41) is 0. The molecule has 0 aliphatic rings. The lowest BCUT2D eigenvalue weighted by Gasteiger charge is -2.13. The maximum Gasteiger partial charge on any atom is 0.0593 e. The van der Waals surface area contributed by atoms with Crippen molar-refractivity contribution in [3.63, 3.8) is 0 Å². The van der Waals surface area contributed by atoms with E-state index < -0.39 is 0 Å². The monoisotopic (exact) mass is 175 g/mol. The highest BCUT2D eigenvalue weighted by atomic mass is 16.5. The number of hydrogen-bond acceptors (Lipinski definition) is 3. The number of rotatable bonds is 8. The Morgan fingerprint density at radius 3 is 2.50 bits per heavy atom. The second kappa shape index (κ2) is 8.97. The summed E-state index contributed by atoms with van der Waals surface area (Å²) >= 11 is 0. The van der Waals surface area contributed by atoms with E-state index in [0.717, 1.165) is 39.3 Å². The molecule has 0 aromatic heterocycles. The van der Waals surface area contributed by atoms with Crippen LogP contribution >= 0.6 is 0 Å². The van der Waals surface area contributed by atoms with E-state index in [9.17, 15) is 0 Å². The fraction of sp³-hybridized carbons (Fsp3) is 1.00. The lowest BCUT2D eigenvalue weighted by molar-refractivity contribution is 0.0897. The number of hydrogen-bond donors (Lipinski definition) is 0. The van der Waals surface area contributed by atoms with Crippen molar-refractivity contribution in [2.75, 3.05) is 47.1 Å². The van der Waals surface area contributed by atoms with Crippen molar-refractivity contribution in [2.45, 2.75) is 13.3 Å². The smallest absolute Gasteiger partial charge is 0.0593 e. The van der Waals surface area contributed by atoms with E-state index >= 15 is 0 Å². The molecule has 3 nitrogen and oxygen atoms in total. The van der Waals surface area contributed by atoms with Gasteiger partial charge in [-0.1, -0.05) is 6.92 Å². The average molecular weight is 175 g/mol. The van der Waals surface area contributed by atoms with Crippen LogP contribution in [-0.2, 0) is 9.47 Å². The Balaban J connectivity index is 2.90. The molecule has 0 aliphatic heterocycles. The highest BCUT2D eigenvalue weighted by molar-refractivity contribution is 4.45. The summed E-state index contributed by atoms with van der Waals surface area (Å²) in [6, 6.07) is 0. The van der Waals surface area contributed by atoms with Crippen LogP contribution < -0.4 is 0 Å². The SMILES string of the molecule is CCN(C)CCOCCCOC. The molecule has 0 saturated heterocycles. The Labute approximate surface area is 75.6 Å². The van der Waals surface area contributed by atoms with Gasteiger partial charge in [-0.25, -0.2) is 0 Å². The predicted octanol–water partition coefficient (Wildman–Crippen LogP) is 0.991. The van der Waals surface area contributed by atoms with Gasteiger partial charge in [0.2, 0.25) is 0 Å². The average Bonchev–Trinajstić information content (AvgIpc) is 2.10. The van der Waals surface area contributed by atoms with Crippen molar-refractivity contribution in [3.05, 3.63) is 0 Å². The predicted molar refractivity (Wildman–Crippen MR) is 50.5 cm³/mol. The van der Waals surface area contributed by atoms with Crippen molar-refractivity contribution in [2.24, 2.45) is 0 Å². The van der Waals surface area contributed by atoms with Gasteiger partial charge in [0.05, 0.1) is 6.61 Å². The summed E-state index contributed by atoms with van der Waals surface area (Å²) in [7, 11) is 3.81. The third-order valence-corrected chi connectivity index (χ3v) is 1.79.